The number of nitrogens with zero attached hydrogens (tertiary/aromatic N) is 1. The van der Waals surface area contributed by atoms with Crippen LogP contribution in [0.5, 0.6) is 0 Å². The van der Waals surface area contributed by atoms with E-state index in [-0.39, 0.29) is 11.9 Å². The van der Waals surface area contributed by atoms with Crippen LogP contribution in [0.2, 0.25) is 0 Å². The van der Waals surface area contributed by atoms with E-state index in [9.17, 15) is 4.79 Å². The second kappa shape index (κ2) is 6.25. The number of carbonyl (C=O) groups is 1. The maximum Gasteiger partial charge on any atom is 0.232 e. The average molecular weight is 264 g/mol. The van der Waals surface area contributed by atoms with Gasteiger partial charge in [-0.2, -0.15) is 11.8 Å². The van der Waals surface area contributed by atoms with Gasteiger partial charge in [0.15, 0.2) is 0 Å². The Morgan fingerprint density at radius 1 is 1.44 bits per heavy atom. The van der Waals surface area contributed by atoms with Crippen molar-refractivity contribution in [3.63, 3.8) is 0 Å². The first kappa shape index (κ1) is 13.4. The molecule has 0 bridgehead atoms. The Morgan fingerprint density at radius 2 is 2.17 bits per heavy atom. The smallest absolute Gasteiger partial charge is 0.232 e. The van der Waals surface area contributed by atoms with Crippen LogP contribution < -0.4 is 5.73 Å². The Morgan fingerprint density at radius 3 is 2.89 bits per heavy atom. The van der Waals surface area contributed by atoms with Crippen molar-refractivity contribution in [2.45, 2.75) is 25.9 Å². The number of thioether (sulfide) groups is 1. The molecule has 0 fully saturated rings. The molecule has 2 rings (SSSR count). The van der Waals surface area contributed by atoms with E-state index in [1.165, 1.54) is 11.1 Å². The molecule has 1 aliphatic rings. The molecule has 0 radical (unpaired) electrons. The topological polar surface area (TPSA) is 46.3 Å². The Balaban J connectivity index is 1.87. The minimum Gasteiger partial charge on any atom is -0.337 e. The summed E-state index contributed by atoms with van der Waals surface area (Å²) in [6.45, 7) is 3.57. The lowest BCUT2D eigenvalue weighted by molar-refractivity contribution is -0.129. The lowest BCUT2D eigenvalue weighted by Crippen LogP contribution is -2.37. The standard InChI is InChI=1S/C14H20N2OS/c1-11(15)9-18-10-14(17)16-7-6-12-4-2-3-5-13(12)8-16/h2-5,11H,6-10,15H2,1H3. The summed E-state index contributed by atoms with van der Waals surface area (Å²) in [5.41, 5.74) is 8.34. The molecule has 0 spiro atoms. The van der Waals surface area contributed by atoms with E-state index in [4.69, 9.17) is 5.73 Å². The van der Waals surface area contributed by atoms with E-state index in [0.717, 1.165) is 25.3 Å². The Kier molecular flexibility index (Phi) is 4.66. The Hall–Kier alpha value is -1.00. The van der Waals surface area contributed by atoms with E-state index in [0.29, 0.717) is 5.75 Å². The largest absolute Gasteiger partial charge is 0.337 e. The molecule has 1 heterocycles. The number of rotatable bonds is 4. The first-order valence-corrected chi connectivity index (χ1v) is 7.50. The van der Waals surface area contributed by atoms with Gasteiger partial charge in [-0.15, -0.1) is 0 Å². The molecule has 0 aliphatic carbocycles. The summed E-state index contributed by atoms with van der Waals surface area (Å²) in [5, 5.41) is 0. The number of nitrogens with two attached hydrogens (primary N) is 1. The fourth-order valence-electron chi connectivity index (χ4n) is 2.13. The van der Waals surface area contributed by atoms with Gasteiger partial charge in [-0.1, -0.05) is 24.3 Å². The van der Waals surface area contributed by atoms with Gasteiger partial charge in [-0.05, 0) is 24.5 Å². The van der Waals surface area contributed by atoms with Crippen molar-refractivity contribution < 1.29 is 4.79 Å². The molecule has 18 heavy (non-hydrogen) atoms. The van der Waals surface area contributed by atoms with Gasteiger partial charge in [0.05, 0.1) is 5.75 Å². The third kappa shape index (κ3) is 3.50. The van der Waals surface area contributed by atoms with E-state index < -0.39 is 0 Å². The molecule has 2 N–H and O–H groups in total. The number of hydrogen-bond acceptors (Lipinski definition) is 3. The molecular weight excluding hydrogens is 244 g/mol. The molecule has 0 saturated heterocycles. The molecule has 3 nitrogen and oxygen atoms in total. The molecule has 0 saturated carbocycles. The lowest BCUT2D eigenvalue weighted by atomic mass is 10.00. The highest BCUT2D eigenvalue weighted by molar-refractivity contribution is 7.99. The summed E-state index contributed by atoms with van der Waals surface area (Å²) < 4.78 is 0. The summed E-state index contributed by atoms with van der Waals surface area (Å²) >= 11 is 1.63. The van der Waals surface area contributed by atoms with Gasteiger partial charge >= 0.3 is 0 Å². The van der Waals surface area contributed by atoms with Crippen molar-refractivity contribution in [2.75, 3.05) is 18.1 Å². The van der Waals surface area contributed by atoms with Gasteiger partial charge < -0.3 is 10.6 Å². The first-order chi connectivity index (χ1) is 8.66. The maximum atomic E-state index is 12.1. The number of carbonyl (C=O) groups excluding carboxylic acids is 1. The molecule has 1 atom stereocenters. The van der Waals surface area contributed by atoms with Crippen LogP contribution in [0.3, 0.4) is 0 Å². The van der Waals surface area contributed by atoms with Crippen LogP contribution in [0, 0.1) is 0 Å². The average Bonchev–Trinajstić information content (AvgIpc) is 2.37. The fraction of sp³-hybridized carbons (Fsp3) is 0.500. The normalized spacial score (nSPS) is 16.2. The predicted octanol–water partition coefficient (Wildman–Crippen LogP) is 1.65. The zero-order valence-electron chi connectivity index (χ0n) is 10.8. The summed E-state index contributed by atoms with van der Waals surface area (Å²) in [4.78, 5) is 14.0. The molecule has 1 aromatic carbocycles. The zero-order valence-corrected chi connectivity index (χ0v) is 11.6. The molecule has 4 heteroatoms. The van der Waals surface area contributed by atoms with Crippen LogP contribution in [0.1, 0.15) is 18.1 Å². The summed E-state index contributed by atoms with van der Waals surface area (Å²) in [5.74, 6) is 1.62. The van der Waals surface area contributed by atoms with Crippen molar-refractivity contribution in [3.05, 3.63) is 35.4 Å². The molecule has 98 valence electrons. The van der Waals surface area contributed by atoms with Crippen LogP contribution in [-0.4, -0.2) is 34.9 Å². The predicted molar refractivity (Wildman–Crippen MR) is 76.5 cm³/mol. The summed E-state index contributed by atoms with van der Waals surface area (Å²) in [6.07, 6.45) is 0.972. The van der Waals surface area contributed by atoms with Crippen LogP contribution >= 0.6 is 11.8 Å². The maximum absolute atomic E-state index is 12.1. The van der Waals surface area contributed by atoms with Crippen molar-refractivity contribution >= 4 is 17.7 Å². The van der Waals surface area contributed by atoms with Crippen molar-refractivity contribution in [2.24, 2.45) is 5.73 Å². The molecule has 1 aromatic rings. The van der Waals surface area contributed by atoms with Crippen LogP contribution in [0.15, 0.2) is 24.3 Å². The number of benzene rings is 1. The van der Waals surface area contributed by atoms with Gasteiger partial charge in [0.2, 0.25) is 5.91 Å². The molecular formula is C14H20N2OS. The summed E-state index contributed by atoms with van der Waals surface area (Å²) in [7, 11) is 0. The van der Waals surface area contributed by atoms with Crippen molar-refractivity contribution in [1.29, 1.82) is 0 Å². The second-order valence-corrected chi connectivity index (χ2v) is 5.86. The highest BCUT2D eigenvalue weighted by Crippen LogP contribution is 2.19. The van der Waals surface area contributed by atoms with E-state index >= 15 is 0 Å². The molecule has 1 amide bonds. The second-order valence-electron chi connectivity index (χ2n) is 4.83. The lowest BCUT2D eigenvalue weighted by Gasteiger charge is -2.28. The monoisotopic (exact) mass is 264 g/mol. The van der Waals surface area contributed by atoms with Crippen LogP contribution in [0.25, 0.3) is 0 Å². The fourth-order valence-corrected chi connectivity index (χ4v) is 2.98. The number of fused-ring (bicyclic) bond motifs is 1. The highest BCUT2D eigenvalue weighted by Gasteiger charge is 2.19. The van der Waals surface area contributed by atoms with Crippen molar-refractivity contribution in [3.8, 4) is 0 Å². The minimum atomic E-state index is 0.157. The Bertz CT molecular complexity index is 420. The van der Waals surface area contributed by atoms with Gasteiger partial charge in [0.1, 0.15) is 0 Å². The van der Waals surface area contributed by atoms with Gasteiger partial charge in [-0.25, -0.2) is 0 Å². The highest BCUT2D eigenvalue weighted by atomic mass is 32.2. The van der Waals surface area contributed by atoms with Crippen LogP contribution in [0.4, 0.5) is 0 Å². The van der Waals surface area contributed by atoms with Gasteiger partial charge in [-0.3, -0.25) is 4.79 Å². The number of amides is 1. The Labute approximate surface area is 113 Å². The summed E-state index contributed by atoms with van der Waals surface area (Å²) in [6, 6.07) is 8.53. The third-order valence-electron chi connectivity index (χ3n) is 3.09. The molecule has 1 unspecified atom stereocenters. The molecule has 0 aromatic heterocycles. The first-order valence-electron chi connectivity index (χ1n) is 6.34. The van der Waals surface area contributed by atoms with E-state index in [2.05, 4.69) is 18.2 Å². The van der Waals surface area contributed by atoms with Crippen molar-refractivity contribution in [1.82, 2.24) is 4.90 Å². The van der Waals surface area contributed by atoms with Gasteiger partial charge in [0.25, 0.3) is 0 Å². The van der Waals surface area contributed by atoms with Crippen LogP contribution in [-0.2, 0) is 17.8 Å². The number of hydrogen-bond donors (Lipinski definition) is 1. The molecule has 1 aliphatic heterocycles. The van der Waals surface area contributed by atoms with E-state index in [1.807, 2.05) is 17.9 Å². The zero-order chi connectivity index (χ0) is 13.0. The minimum absolute atomic E-state index is 0.157. The van der Waals surface area contributed by atoms with Gasteiger partial charge in [0, 0.05) is 24.9 Å². The third-order valence-corrected chi connectivity index (χ3v) is 4.30. The van der Waals surface area contributed by atoms with E-state index in [1.54, 1.807) is 11.8 Å². The quantitative estimate of drug-likeness (QED) is 0.899. The SMILES string of the molecule is CC(N)CSCC(=O)N1CCc2ccccc2C1.